The highest BCUT2D eigenvalue weighted by atomic mass is 19.4. The van der Waals surface area contributed by atoms with E-state index in [2.05, 4.69) is 5.10 Å². The Hall–Kier alpha value is -2.84. The van der Waals surface area contributed by atoms with Gasteiger partial charge in [0.15, 0.2) is 5.57 Å². The van der Waals surface area contributed by atoms with E-state index in [1.807, 2.05) is 13.8 Å². The first-order valence-electron chi connectivity index (χ1n) is 7.24. The van der Waals surface area contributed by atoms with Gasteiger partial charge >= 0.3 is 12.1 Å². The van der Waals surface area contributed by atoms with E-state index in [4.69, 9.17) is 9.84 Å². The SMILES string of the molecule is CC1=NN(c2ccc(OC(C)C)cc2)C(=O)C1=C(C(=O)O)C(F)(F)F. The third-order valence-corrected chi connectivity index (χ3v) is 3.22. The van der Waals surface area contributed by atoms with E-state index in [9.17, 15) is 22.8 Å². The highest BCUT2D eigenvalue weighted by Gasteiger charge is 2.46. The number of carboxylic acids is 1. The lowest BCUT2D eigenvalue weighted by molar-refractivity contribution is -0.145. The van der Waals surface area contributed by atoms with Crippen molar-refractivity contribution in [1.29, 1.82) is 0 Å². The third-order valence-electron chi connectivity index (χ3n) is 3.22. The van der Waals surface area contributed by atoms with Gasteiger partial charge < -0.3 is 9.84 Å². The summed E-state index contributed by atoms with van der Waals surface area (Å²) in [6.07, 6.45) is -5.25. The molecule has 0 aliphatic carbocycles. The van der Waals surface area contributed by atoms with E-state index in [0.29, 0.717) is 5.75 Å². The minimum absolute atomic E-state index is 0.0704. The van der Waals surface area contributed by atoms with E-state index < -0.39 is 29.2 Å². The molecular formula is C16H15F3N2O4. The van der Waals surface area contributed by atoms with Crippen molar-refractivity contribution in [1.82, 2.24) is 0 Å². The summed E-state index contributed by atoms with van der Waals surface area (Å²) in [5.41, 5.74) is -3.02. The molecule has 0 unspecified atom stereocenters. The predicted molar refractivity (Wildman–Crippen MR) is 83.5 cm³/mol. The summed E-state index contributed by atoms with van der Waals surface area (Å²) < 4.78 is 44.4. The maximum absolute atomic E-state index is 13.0. The lowest BCUT2D eigenvalue weighted by Crippen LogP contribution is -2.29. The van der Waals surface area contributed by atoms with Crippen molar-refractivity contribution in [3.8, 4) is 5.75 Å². The molecule has 2 rings (SSSR count). The first-order chi connectivity index (χ1) is 11.5. The first kappa shape index (κ1) is 18.5. The minimum atomic E-state index is -5.18. The Morgan fingerprint density at radius 2 is 1.80 bits per heavy atom. The lowest BCUT2D eigenvalue weighted by atomic mass is 10.0. The van der Waals surface area contributed by atoms with E-state index in [-0.39, 0.29) is 17.5 Å². The number of benzene rings is 1. The molecule has 0 atom stereocenters. The zero-order chi connectivity index (χ0) is 18.9. The zero-order valence-electron chi connectivity index (χ0n) is 13.6. The number of nitrogens with zero attached hydrogens (tertiary/aromatic N) is 2. The molecule has 0 aromatic heterocycles. The molecule has 0 bridgehead atoms. The normalized spacial score (nSPS) is 17.0. The Kier molecular flexibility index (Phi) is 4.87. The average Bonchev–Trinajstić information content (AvgIpc) is 2.74. The van der Waals surface area contributed by atoms with Crippen molar-refractivity contribution in [3.05, 3.63) is 35.4 Å². The van der Waals surface area contributed by atoms with Crippen LogP contribution in [0.15, 0.2) is 40.5 Å². The Morgan fingerprint density at radius 3 is 2.24 bits per heavy atom. The molecule has 1 aromatic carbocycles. The van der Waals surface area contributed by atoms with Gasteiger partial charge in [-0.05, 0) is 45.0 Å². The van der Waals surface area contributed by atoms with Gasteiger partial charge in [-0.25, -0.2) is 4.79 Å². The van der Waals surface area contributed by atoms with Gasteiger partial charge in [0, 0.05) is 0 Å². The fourth-order valence-corrected chi connectivity index (χ4v) is 2.28. The van der Waals surface area contributed by atoms with E-state index in [0.717, 1.165) is 11.9 Å². The molecule has 134 valence electrons. The van der Waals surface area contributed by atoms with Gasteiger partial charge in [0.05, 0.1) is 23.1 Å². The van der Waals surface area contributed by atoms with E-state index in [1.54, 1.807) is 0 Å². The van der Waals surface area contributed by atoms with Crippen LogP contribution in [0, 0.1) is 0 Å². The number of halogens is 3. The molecular weight excluding hydrogens is 341 g/mol. The van der Waals surface area contributed by atoms with Crippen molar-refractivity contribution in [2.75, 3.05) is 5.01 Å². The predicted octanol–water partition coefficient (Wildman–Crippen LogP) is 3.14. The lowest BCUT2D eigenvalue weighted by Gasteiger charge is -2.15. The molecule has 0 spiro atoms. The molecule has 0 fully saturated rings. The van der Waals surface area contributed by atoms with Gasteiger partial charge in [-0.2, -0.15) is 23.3 Å². The van der Waals surface area contributed by atoms with Crippen LogP contribution in [0.1, 0.15) is 20.8 Å². The van der Waals surface area contributed by atoms with Crippen LogP contribution < -0.4 is 9.75 Å². The number of carbonyl (C=O) groups is 2. The number of hydrazone groups is 1. The summed E-state index contributed by atoms with van der Waals surface area (Å²) >= 11 is 0. The Morgan fingerprint density at radius 1 is 1.24 bits per heavy atom. The van der Waals surface area contributed by atoms with Crippen molar-refractivity contribution < 1.29 is 32.6 Å². The van der Waals surface area contributed by atoms with Gasteiger partial charge in [0.25, 0.3) is 5.91 Å². The second-order valence-electron chi connectivity index (χ2n) is 5.52. The maximum Gasteiger partial charge on any atom is 0.424 e. The topological polar surface area (TPSA) is 79.2 Å². The number of hydrogen-bond acceptors (Lipinski definition) is 4. The summed E-state index contributed by atoms with van der Waals surface area (Å²) in [6, 6.07) is 5.97. The average molecular weight is 356 g/mol. The van der Waals surface area contributed by atoms with Crippen LogP contribution >= 0.6 is 0 Å². The summed E-state index contributed by atoms with van der Waals surface area (Å²) in [5.74, 6) is -2.86. The Labute approximate surface area is 141 Å². The van der Waals surface area contributed by atoms with E-state index >= 15 is 0 Å². The van der Waals surface area contributed by atoms with Gasteiger partial charge in [-0.1, -0.05) is 0 Å². The van der Waals surface area contributed by atoms with Gasteiger partial charge in [0.2, 0.25) is 0 Å². The quantitative estimate of drug-likeness (QED) is 0.841. The van der Waals surface area contributed by atoms with Crippen LogP contribution in [0.5, 0.6) is 5.75 Å². The summed E-state index contributed by atoms with van der Waals surface area (Å²) in [7, 11) is 0. The number of carboxylic acid groups (broad SMARTS) is 1. The van der Waals surface area contributed by atoms with Crippen molar-refractivity contribution in [3.63, 3.8) is 0 Å². The number of ether oxygens (including phenoxy) is 1. The number of carbonyl (C=O) groups excluding carboxylic acids is 1. The highest BCUT2D eigenvalue weighted by Crippen LogP contribution is 2.34. The molecule has 1 heterocycles. The van der Waals surface area contributed by atoms with Gasteiger partial charge in [0.1, 0.15) is 5.75 Å². The molecule has 0 saturated carbocycles. The molecule has 0 saturated heterocycles. The van der Waals surface area contributed by atoms with Gasteiger partial charge in [-0.15, -0.1) is 0 Å². The van der Waals surface area contributed by atoms with Crippen LogP contribution in [0.25, 0.3) is 0 Å². The first-order valence-corrected chi connectivity index (χ1v) is 7.24. The molecule has 6 nitrogen and oxygen atoms in total. The second kappa shape index (κ2) is 6.58. The largest absolute Gasteiger partial charge is 0.491 e. The summed E-state index contributed by atoms with van der Waals surface area (Å²) in [5, 5.41) is 13.4. The fraction of sp³-hybridized carbons (Fsp3) is 0.312. The fourth-order valence-electron chi connectivity index (χ4n) is 2.28. The minimum Gasteiger partial charge on any atom is -0.491 e. The number of hydrogen-bond donors (Lipinski definition) is 1. The number of alkyl halides is 3. The number of anilines is 1. The third kappa shape index (κ3) is 3.81. The Bertz CT molecular complexity index is 765. The molecule has 1 N–H and O–H groups in total. The van der Waals surface area contributed by atoms with Crippen molar-refractivity contribution in [2.24, 2.45) is 5.10 Å². The van der Waals surface area contributed by atoms with Crippen LogP contribution in [0.2, 0.25) is 0 Å². The maximum atomic E-state index is 13.0. The van der Waals surface area contributed by atoms with E-state index in [1.165, 1.54) is 24.3 Å². The zero-order valence-corrected chi connectivity index (χ0v) is 13.6. The molecule has 1 aliphatic heterocycles. The molecule has 25 heavy (non-hydrogen) atoms. The summed E-state index contributed by atoms with van der Waals surface area (Å²) in [6.45, 7) is 4.80. The van der Waals surface area contributed by atoms with Crippen LogP contribution in [0.4, 0.5) is 18.9 Å². The Balaban J connectivity index is 2.42. The highest BCUT2D eigenvalue weighted by molar-refractivity contribution is 6.32. The summed E-state index contributed by atoms with van der Waals surface area (Å²) in [4.78, 5) is 23.3. The number of aliphatic carboxylic acids is 1. The molecule has 9 heteroatoms. The molecule has 1 aliphatic rings. The van der Waals surface area contributed by atoms with Crippen LogP contribution in [0.3, 0.4) is 0 Å². The van der Waals surface area contributed by atoms with Crippen LogP contribution in [-0.2, 0) is 9.59 Å². The monoisotopic (exact) mass is 356 g/mol. The van der Waals surface area contributed by atoms with Crippen LogP contribution in [-0.4, -0.2) is 35.0 Å². The second-order valence-corrected chi connectivity index (χ2v) is 5.52. The molecule has 1 aromatic rings. The van der Waals surface area contributed by atoms with Gasteiger partial charge in [-0.3, -0.25) is 4.79 Å². The van der Waals surface area contributed by atoms with Crippen molar-refractivity contribution >= 4 is 23.3 Å². The molecule has 1 amide bonds. The standard InChI is InChI=1S/C16H15F3N2O4/c1-8(2)25-11-6-4-10(5-7-11)21-14(22)12(9(3)20-21)13(15(23)24)16(17,18)19/h4-8H,1-3H3,(H,23,24). The number of rotatable bonds is 4. The molecule has 0 radical (unpaired) electrons. The van der Waals surface area contributed by atoms with Crippen molar-refractivity contribution in [2.45, 2.75) is 33.1 Å². The number of amides is 1. The smallest absolute Gasteiger partial charge is 0.424 e.